The van der Waals surface area contributed by atoms with E-state index < -0.39 is 0 Å². The van der Waals surface area contributed by atoms with Gasteiger partial charge in [-0.05, 0) is 12.5 Å². The van der Waals surface area contributed by atoms with Crippen molar-refractivity contribution < 1.29 is 14.3 Å². The number of hydrogen-bond acceptors (Lipinski definition) is 3. The predicted octanol–water partition coefficient (Wildman–Crippen LogP) is 1.59. The summed E-state index contributed by atoms with van der Waals surface area (Å²) in [5, 5.41) is 0. The molecule has 1 saturated heterocycles. The van der Waals surface area contributed by atoms with Gasteiger partial charge in [0.05, 0.1) is 6.61 Å². The lowest BCUT2D eigenvalue weighted by molar-refractivity contribution is 0.0994. The van der Waals surface area contributed by atoms with E-state index in [9.17, 15) is 4.79 Å². The number of ether oxygens (including phenoxy) is 2. The van der Waals surface area contributed by atoms with Crippen molar-refractivity contribution in [1.29, 1.82) is 0 Å². The van der Waals surface area contributed by atoms with Gasteiger partial charge in [0.15, 0.2) is 5.78 Å². The van der Waals surface area contributed by atoms with Crippen LogP contribution in [0.1, 0.15) is 22.3 Å². The van der Waals surface area contributed by atoms with Crippen LogP contribution in [0.3, 0.4) is 0 Å². The number of ketones is 1. The summed E-state index contributed by atoms with van der Waals surface area (Å²) in [6.45, 7) is 1.40. The third-order valence-electron chi connectivity index (χ3n) is 2.86. The van der Waals surface area contributed by atoms with Crippen LogP contribution in [0.2, 0.25) is 0 Å². The molecule has 2 aliphatic rings. The molecule has 1 aromatic rings. The molecular formula is C12H12O3. The van der Waals surface area contributed by atoms with E-state index in [0.29, 0.717) is 13.0 Å². The van der Waals surface area contributed by atoms with Gasteiger partial charge in [-0.25, -0.2) is 0 Å². The van der Waals surface area contributed by atoms with Crippen molar-refractivity contribution in [2.24, 2.45) is 0 Å². The molecule has 0 bridgehead atoms. The molecular weight excluding hydrogens is 192 g/mol. The summed E-state index contributed by atoms with van der Waals surface area (Å²) in [4.78, 5) is 11.5. The minimum absolute atomic E-state index is 0.234. The molecule has 0 saturated carbocycles. The van der Waals surface area contributed by atoms with Crippen LogP contribution in [0.5, 0.6) is 5.75 Å². The molecule has 1 unspecified atom stereocenters. The van der Waals surface area contributed by atoms with Gasteiger partial charge in [-0.1, -0.05) is 12.1 Å². The average molecular weight is 204 g/mol. The summed E-state index contributed by atoms with van der Waals surface area (Å²) in [5.41, 5.74) is 1.91. The number of fused-ring (bicyclic) bond motifs is 1. The number of carbonyl (C=O) groups excluding carboxylic acids is 1. The van der Waals surface area contributed by atoms with Crippen molar-refractivity contribution >= 4 is 5.78 Å². The number of carbonyl (C=O) groups is 1. The Kier molecular flexibility index (Phi) is 1.99. The smallest absolute Gasteiger partial charge is 0.163 e. The fraction of sp³-hybridized carbons (Fsp3) is 0.417. The van der Waals surface area contributed by atoms with Crippen LogP contribution >= 0.6 is 0 Å². The second-order valence-electron chi connectivity index (χ2n) is 3.97. The summed E-state index contributed by atoms with van der Waals surface area (Å²) >= 11 is 0. The maximum atomic E-state index is 11.5. The fourth-order valence-electron chi connectivity index (χ4n) is 1.94. The minimum Gasteiger partial charge on any atom is -0.490 e. The van der Waals surface area contributed by atoms with E-state index in [1.807, 2.05) is 18.2 Å². The molecule has 1 aliphatic carbocycles. The molecule has 1 atom stereocenters. The molecule has 0 aromatic heterocycles. The number of epoxide rings is 1. The first-order chi connectivity index (χ1) is 7.34. The van der Waals surface area contributed by atoms with E-state index in [1.54, 1.807) is 0 Å². The lowest BCUT2D eigenvalue weighted by atomic mass is 10.1. The highest BCUT2D eigenvalue weighted by atomic mass is 16.6. The molecule has 1 aromatic carbocycles. The zero-order chi connectivity index (χ0) is 10.3. The molecule has 1 heterocycles. The number of rotatable bonds is 3. The summed E-state index contributed by atoms with van der Waals surface area (Å²) < 4.78 is 10.7. The van der Waals surface area contributed by atoms with Gasteiger partial charge in [-0.15, -0.1) is 0 Å². The first kappa shape index (κ1) is 8.92. The molecule has 0 amide bonds. The van der Waals surface area contributed by atoms with Gasteiger partial charge in [0, 0.05) is 17.5 Å². The molecule has 1 fully saturated rings. The largest absolute Gasteiger partial charge is 0.490 e. The van der Waals surface area contributed by atoms with E-state index in [1.165, 1.54) is 0 Å². The van der Waals surface area contributed by atoms with Crippen molar-refractivity contribution in [3.8, 4) is 5.75 Å². The van der Waals surface area contributed by atoms with Crippen LogP contribution < -0.4 is 4.74 Å². The van der Waals surface area contributed by atoms with Gasteiger partial charge in [-0.3, -0.25) is 4.79 Å². The average Bonchev–Trinajstić information content (AvgIpc) is 3.01. The normalized spacial score (nSPS) is 22.7. The fourth-order valence-corrected chi connectivity index (χ4v) is 1.94. The molecule has 0 spiro atoms. The summed E-state index contributed by atoms with van der Waals surface area (Å²) in [6, 6.07) is 5.69. The van der Waals surface area contributed by atoms with Crippen LogP contribution in [0.25, 0.3) is 0 Å². The lowest BCUT2D eigenvalue weighted by Gasteiger charge is -2.08. The van der Waals surface area contributed by atoms with Crippen LogP contribution in [-0.4, -0.2) is 25.1 Å². The summed E-state index contributed by atoms with van der Waals surface area (Å²) in [6.07, 6.45) is 1.70. The zero-order valence-corrected chi connectivity index (χ0v) is 8.36. The summed E-state index contributed by atoms with van der Waals surface area (Å²) in [5.74, 6) is 1.09. The standard InChI is InChI=1S/C12H12O3/c13-11-5-4-10-9(11)2-1-3-12(10)15-7-8-6-14-8/h1-3,8H,4-7H2. The van der Waals surface area contributed by atoms with Crippen LogP contribution in [0.15, 0.2) is 18.2 Å². The van der Waals surface area contributed by atoms with E-state index in [0.717, 1.165) is 29.9 Å². The maximum absolute atomic E-state index is 11.5. The van der Waals surface area contributed by atoms with Gasteiger partial charge in [0.1, 0.15) is 18.5 Å². The Morgan fingerprint density at radius 1 is 1.40 bits per heavy atom. The highest BCUT2D eigenvalue weighted by molar-refractivity contribution is 6.01. The van der Waals surface area contributed by atoms with E-state index in [2.05, 4.69) is 0 Å². The van der Waals surface area contributed by atoms with Crippen molar-refractivity contribution in [2.75, 3.05) is 13.2 Å². The molecule has 3 rings (SSSR count). The van der Waals surface area contributed by atoms with Crippen molar-refractivity contribution in [2.45, 2.75) is 18.9 Å². The van der Waals surface area contributed by atoms with Crippen molar-refractivity contribution in [1.82, 2.24) is 0 Å². The molecule has 15 heavy (non-hydrogen) atoms. The molecule has 78 valence electrons. The second-order valence-corrected chi connectivity index (χ2v) is 3.97. The molecule has 0 N–H and O–H groups in total. The second kappa shape index (κ2) is 3.35. The monoisotopic (exact) mass is 204 g/mol. The Morgan fingerprint density at radius 2 is 2.27 bits per heavy atom. The Bertz CT molecular complexity index is 407. The summed E-state index contributed by atoms with van der Waals surface area (Å²) in [7, 11) is 0. The highest BCUT2D eigenvalue weighted by Gasteiger charge is 2.26. The first-order valence-electron chi connectivity index (χ1n) is 5.24. The number of hydrogen-bond donors (Lipinski definition) is 0. The SMILES string of the molecule is O=C1CCc2c(OCC3CO3)cccc21. The van der Waals surface area contributed by atoms with E-state index in [4.69, 9.17) is 9.47 Å². The van der Waals surface area contributed by atoms with Gasteiger partial charge < -0.3 is 9.47 Å². The molecule has 0 radical (unpaired) electrons. The Morgan fingerprint density at radius 3 is 3.07 bits per heavy atom. The maximum Gasteiger partial charge on any atom is 0.163 e. The van der Waals surface area contributed by atoms with E-state index in [-0.39, 0.29) is 11.9 Å². The highest BCUT2D eigenvalue weighted by Crippen LogP contribution is 2.30. The molecule has 3 heteroatoms. The number of benzene rings is 1. The van der Waals surface area contributed by atoms with Gasteiger partial charge in [0.25, 0.3) is 0 Å². The Hall–Kier alpha value is -1.35. The van der Waals surface area contributed by atoms with E-state index >= 15 is 0 Å². The van der Waals surface area contributed by atoms with Crippen LogP contribution in [0.4, 0.5) is 0 Å². The van der Waals surface area contributed by atoms with Crippen molar-refractivity contribution in [3.05, 3.63) is 29.3 Å². The minimum atomic E-state index is 0.234. The number of Topliss-reactive ketones (excluding diaryl/α,β-unsaturated/α-hetero) is 1. The van der Waals surface area contributed by atoms with Gasteiger partial charge in [-0.2, -0.15) is 0 Å². The van der Waals surface area contributed by atoms with Gasteiger partial charge >= 0.3 is 0 Å². The van der Waals surface area contributed by atoms with Gasteiger partial charge in [0.2, 0.25) is 0 Å². The third-order valence-corrected chi connectivity index (χ3v) is 2.86. The first-order valence-corrected chi connectivity index (χ1v) is 5.24. The lowest BCUT2D eigenvalue weighted by Crippen LogP contribution is -2.05. The van der Waals surface area contributed by atoms with Crippen molar-refractivity contribution in [3.63, 3.8) is 0 Å². The Balaban J connectivity index is 1.84. The third kappa shape index (κ3) is 1.63. The quantitative estimate of drug-likeness (QED) is 0.702. The zero-order valence-electron chi connectivity index (χ0n) is 8.36. The van der Waals surface area contributed by atoms with Crippen LogP contribution in [-0.2, 0) is 11.2 Å². The molecule has 1 aliphatic heterocycles. The predicted molar refractivity (Wildman–Crippen MR) is 54.3 cm³/mol. The van der Waals surface area contributed by atoms with Crippen LogP contribution in [0, 0.1) is 0 Å². The topological polar surface area (TPSA) is 38.8 Å². The molecule has 3 nitrogen and oxygen atoms in total. The Labute approximate surface area is 88.0 Å².